The van der Waals surface area contributed by atoms with Crippen molar-refractivity contribution >= 4 is 16.0 Å². The molecule has 3 aromatic rings. The molecule has 0 amide bonds. The SMILES string of the molecule is Cc1ccc(S(=O)(=O)N2CCC(C(=O)OCc3nc(-c4ccc(C)c(F)c4)no3)CC2)cc1C. The molecule has 0 saturated carbocycles. The molecule has 2 heterocycles. The van der Waals surface area contributed by atoms with Gasteiger partial charge in [-0.1, -0.05) is 23.4 Å². The van der Waals surface area contributed by atoms with E-state index in [4.69, 9.17) is 9.26 Å². The monoisotopic (exact) mass is 487 g/mol. The second-order valence-corrected chi connectivity index (χ2v) is 10.4. The highest BCUT2D eigenvalue weighted by Gasteiger charge is 2.33. The lowest BCUT2D eigenvalue weighted by molar-refractivity contribution is -0.152. The molecule has 0 aliphatic carbocycles. The predicted molar refractivity (Wildman–Crippen MR) is 122 cm³/mol. The number of halogens is 1. The third-order valence-electron chi connectivity index (χ3n) is 6.14. The number of hydrogen-bond acceptors (Lipinski definition) is 7. The van der Waals surface area contributed by atoms with Gasteiger partial charge in [0.05, 0.1) is 10.8 Å². The Morgan fingerprint density at radius 2 is 1.79 bits per heavy atom. The normalized spacial score (nSPS) is 15.4. The van der Waals surface area contributed by atoms with Crippen LogP contribution in [0.4, 0.5) is 4.39 Å². The number of aryl methyl sites for hydroxylation is 3. The first-order valence-corrected chi connectivity index (χ1v) is 12.4. The predicted octanol–water partition coefficient (Wildman–Crippen LogP) is 3.95. The number of carbonyl (C=O) groups excluding carboxylic acids is 1. The number of nitrogens with zero attached hydrogens (tertiary/aromatic N) is 3. The number of rotatable bonds is 6. The van der Waals surface area contributed by atoms with E-state index < -0.39 is 21.9 Å². The number of esters is 1. The molecule has 0 bridgehead atoms. The van der Waals surface area contributed by atoms with Crippen LogP contribution in [0, 0.1) is 32.5 Å². The van der Waals surface area contributed by atoms with Gasteiger partial charge in [0.2, 0.25) is 15.8 Å². The number of ether oxygens (including phenoxy) is 1. The lowest BCUT2D eigenvalue weighted by atomic mass is 9.98. The van der Waals surface area contributed by atoms with E-state index in [9.17, 15) is 17.6 Å². The number of aromatic nitrogens is 2. The molecule has 1 saturated heterocycles. The van der Waals surface area contributed by atoms with Gasteiger partial charge in [-0.3, -0.25) is 4.79 Å². The first-order valence-electron chi connectivity index (χ1n) is 11.0. The van der Waals surface area contributed by atoms with Gasteiger partial charge in [-0.25, -0.2) is 12.8 Å². The summed E-state index contributed by atoms with van der Waals surface area (Å²) in [5, 5.41) is 3.81. The van der Waals surface area contributed by atoms with Crippen molar-refractivity contribution in [2.24, 2.45) is 5.92 Å². The van der Waals surface area contributed by atoms with Crippen molar-refractivity contribution < 1.29 is 26.9 Å². The maximum Gasteiger partial charge on any atom is 0.309 e. The molecule has 4 rings (SSSR count). The van der Waals surface area contributed by atoms with Gasteiger partial charge in [-0.05, 0) is 68.5 Å². The topological polar surface area (TPSA) is 103 Å². The minimum Gasteiger partial charge on any atom is -0.455 e. The van der Waals surface area contributed by atoms with Crippen LogP contribution in [0.3, 0.4) is 0 Å². The van der Waals surface area contributed by atoms with Crippen molar-refractivity contribution in [1.82, 2.24) is 14.4 Å². The Kier molecular flexibility index (Phi) is 6.81. The van der Waals surface area contributed by atoms with Gasteiger partial charge in [-0.15, -0.1) is 0 Å². The summed E-state index contributed by atoms with van der Waals surface area (Å²) in [6.07, 6.45) is 0.723. The summed E-state index contributed by atoms with van der Waals surface area (Å²) in [7, 11) is -3.61. The molecule has 0 radical (unpaired) electrons. The van der Waals surface area contributed by atoms with Crippen LogP contribution in [0.1, 0.15) is 35.4 Å². The average Bonchev–Trinajstić information content (AvgIpc) is 3.30. The van der Waals surface area contributed by atoms with Gasteiger partial charge >= 0.3 is 5.97 Å². The van der Waals surface area contributed by atoms with Crippen LogP contribution >= 0.6 is 0 Å². The summed E-state index contributed by atoms with van der Waals surface area (Å²) in [5.41, 5.74) is 2.91. The van der Waals surface area contributed by atoms with Crippen LogP contribution in [0.15, 0.2) is 45.8 Å². The molecule has 0 atom stereocenters. The van der Waals surface area contributed by atoms with Crippen LogP contribution in [-0.4, -0.2) is 41.9 Å². The van der Waals surface area contributed by atoms with Crippen LogP contribution in [0.25, 0.3) is 11.4 Å². The fraction of sp³-hybridized carbons (Fsp3) is 0.375. The highest BCUT2D eigenvalue weighted by molar-refractivity contribution is 7.89. The Labute approximate surface area is 197 Å². The van der Waals surface area contributed by atoms with Crippen LogP contribution in [0.5, 0.6) is 0 Å². The highest BCUT2D eigenvalue weighted by atomic mass is 32.2. The maximum absolute atomic E-state index is 13.8. The van der Waals surface area contributed by atoms with Crippen molar-refractivity contribution in [2.75, 3.05) is 13.1 Å². The molecule has 0 unspecified atom stereocenters. The van der Waals surface area contributed by atoms with Gasteiger partial charge in [0.15, 0.2) is 6.61 Å². The van der Waals surface area contributed by atoms with Crippen molar-refractivity contribution in [3.05, 3.63) is 64.8 Å². The zero-order valence-corrected chi connectivity index (χ0v) is 20.1. The summed E-state index contributed by atoms with van der Waals surface area (Å²) >= 11 is 0. The Hall–Kier alpha value is -3.11. The number of hydrogen-bond donors (Lipinski definition) is 0. The van der Waals surface area contributed by atoms with Crippen LogP contribution < -0.4 is 0 Å². The molecule has 1 aromatic heterocycles. The lowest BCUT2D eigenvalue weighted by Crippen LogP contribution is -2.40. The van der Waals surface area contributed by atoms with Gasteiger partial charge in [0, 0.05) is 18.7 Å². The summed E-state index contributed by atoms with van der Waals surface area (Å²) in [5.74, 6) is -0.931. The molecule has 180 valence electrons. The summed E-state index contributed by atoms with van der Waals surface area (Å²) in [6, 6.07) is 9.70. The van der Waals surface area contributed by atoms with Crippen molar-refractivity contribution in [3.8, 4) is 11.4 Å². The number of benzene rings is 2. The third-order valence-corrected chi connectivity index (χ3v) is 8.03. The first kappa shape index (κ1) is 24.0. The van der Waals surface area contributed by atoms with Gasteiger partial charge in [0.1, 0.15) is 5.82 Å². The largest absolute Gasteiger partial charge is 0.455 e. The molecular weight excluding hydrogens is 461 g/mol. The molecular formula is C24H26FN3O5S. The minimum atomic E-state index is -3.61. The van der Waals surface area contributed by atoms with Crippen LogP contribution in [0.2, 0.25) is 0 Å². The Balaban J connectivity index is 1.31. The van der Waals surface area contributed by atoms with Crippen molar-refractivity contribution in [2.45, 2.75) is 45.1 Å². The van der Waals surface area contributed by atoms with Crippen molar-refractivity contribution in [1.29, 1.82) is 0 Å². The fourth-order valence-corrected chi connectivity index (χ4v) is 5.32. The van der Waals surface area contributed by atoms with E-state index in [2.05, 4.69) is 10.1 Å². The second-order valence-electron chi connectivity index (χ2n) is 8.51. The Morgan fingerprint density at radius 3 is 2.47 bits per heavy atom. The number of sulfonamides is 1. The minimum absolute atomic E-state index is 0.0964. The van der Waals surface area contributed by atoms with Gasteiger partial charge in [0.25, 0.3) is 5.89 Å². The molecule has 0 N–H and O–H groups in total. The second kappa shape index (κ2) is 9.63. The molecule has 1 fully saturated rings. The Bertz CT molecular complexity index is 1310. The zero-order chi connectivity index (χ0) is 24.5. The zero-order valence-electron chi connectivity index (χ0n) is 19.2. The standard InChI is InChI=1S/C24H26FN3O5S/c1-15-5-7-20(12-17(15)3)34(30,31)28-10-8-18(9-11-28)24(29)32-14-22-26-23(27-33-22)19-6-4-16(2)21(25)13-19/h4-7,12-13,18H,8-11,14H2,1-3H3. The molecule has 1 aliphatic heterocycles. The molecule has 2 aromatic carbocycles. The first-order chi connectivity index (χ1) is 16.1. The van der Waals surface area contributed by atoms with E-state index in [1.165, 1.54) is 10.4 Å². The molecule has 8 nitrogen and oxygen atoms in total. The maximum atomic E-state index is 13.8. The quantitative estimate of drug-likeness (QED) is 0.485. The van der Waals surface area contributed by atoms with E-state index in [0.717, 1.165) is 11.1 Å². The van der Waals surface area contributed by atoms with E-state index in [-0.39, 0.29) is 42.1 Å². The molecule has 0 spiro atoms. The summed E-state index contributed by atoms with van der Waals surface area (Å²) in [6.45, 7) is 5.73. The van der Waals surface area contributed by atoms with Crippen LogP contribution in [-0.2, 0) is 26.2 Å². The number of carbonyl (C=O) groups is 1. The highest BCUT2D eigenvalue weighted by Crippen LogP contribution is 2.26. The van der Waals surface area contributed by atoms with Gasteiger partial charge < -0.3 is 9.26 Å². The molecule has 10 heteroatoms. The van der Waals surface area contributed by atoms with E-state index in [1.807, 2.05) is 13.8 Å². The molecule has 34 heavy (non-hydrogen) atoms. The average molecular weight is 488 g/mol. The summed E-state index contributed by atoms with van der Waals surface area (Å²) < 4.78 is 51.5. The summed E-state index contributed by atoms with van der Waals surface area (Å²) in [4.78, 5) is 16.9. The van der Waals surface area contributed by atoms with Gasteiger partial charge in [-0.2, -0.15) is 9.29 Å². The third kappa shape index (κ3) is 5.02. The van der Waals surface area contributed by atoms with E-state index >= 15 is 0 Å². The number of piperidine rings is 1. The fourth-order valence-electron chi connectivity index (χ4n) is 3.77. The van der Waals surface area contributed by atoms with Crippen molar-refractivity contribution in [3.63, 3.8) is 0 Å². The lowest BCUT2D eigenvalue weighted by Gasteiger charge is -2.30. The molecule has 1 aliphatic rings. The van der Waals surface area contributed by atoms with E-state index in [0.29, 0.717) is 24.0 Å². The van der Waals surface area contributed by atoms with E-state index in [1.54, 1.807) is 37.3 Å². The Morgan fingerprint density at radius 1 is 1.09 bits per heavy atom. The smallest absolute Gasteiger partial charge is 0.309 e.